The average molecular weight is 429 g/mol. The Kier molecular flexibility index (Phi) is 4.93. The highest BCUT2D eigenvalue weighted by Crippen LogP contribution is 2.47. The van der Waals surface area contributed by atoms with Gasteiger partial charge >= 0.3 is 6.18 Å². The Labute approximate surface area is 176 Å². The third kappa shape index (κ3) is 3.31. The van der Waals surface area contributed by atoms with Gasteiger partial charge in [0.1, 0.15) is 6.54 Å². The molecule has 1 atom stereocenters. The molecule has 0 saturated carbocycles. The first-order chi connectivity index (χ1) is 14.5. The molecule has 0 aliphatic rings. The number of ketones is 1. The summed E-state index contributed by atoms with van der Waals surface area (Å²) in [6, 6.07) is 10.6. The summed E-state index contributed by atoms with van der Waals surface area (Å²) in [5.74, 6) is -0.211. The van der Waals surface area contributed by atoms with Gasteiger partial charge in [-0.05, 0) is 23.8 Å². The first-order valence-electron chi connectivity index (χ1n) is 9.86. The highest BCUT2D eigenvalue weighted by molar-refractivity contribution is 5.87. The van der Waals surface area contributed by atoms with Crippen LogP contribution >= 0.6 is 0 Å². The van der Waals surface area contributed by atoms with E-state index in [9.17, 15) is 23.1 Å². The van der Waals surface area contributed by atoms with E-state index in [1.165, 1.54) is 35.3 Å². The number of para-hydroxylation sites is 1. The molecule has 0 spiro atoms. The number of rotatable bonds is 5. The summed E-state index contributed by atoms with van der Waals surface area (Å²) in [5.41, 5.74) is -2.64. The van der Waals surface area contributed by atoms with Crippen molar-refractivity contribution in [2.75, 3.05) is 0 Å². The summed E-state index contributed by atoms with van der Waals surface area (Å²) in [6.07, 6.45) is -2.24. The Morgan fingerprint density at radius 2 is 1.84 bits per heavy atom. The van der Waals surface area contributed by atoms with Gasteiger partial charge in [0.25, 0.3) is 0 Å². The molecule has 0 aliphatic carbocycles. The molecule has 0 aliphatic heterocycles. The van der Waals surface area contributed by atoms with Crippen molar-refractivity contribution in [3.05, 3.63) is 66.0 Å². The van der Waals surface area contributed by atoms with Crippen LogP contribution in [0.1, 0.15) is 25.0 Å². The Hall–Kier alpha value is -3.13. The van der Waals surface area contributed by atoms with E-state index in [0.717, 1.165) is 0 Å². The fourth-order valence-electron chi connectivity index (χ4n) is 3.87. The van der Waals surface area contributed by atoms with Crippen LogP contribution in [0.2, 0.25) is 0 Å². The zero-order valence-corrected chi connectivity index (χ0v) is 17.3. The van der Waals surface area contributed by atoms with Crippen LogP contribution in [0.25, 0.3) is 21.8 Å². The van der Waals surface area contributed by atoms with E-state index in [2.05, 4.69) is 5.10 Å². The number of nitrogens with zero attached hydrogens (tertiary/aromatic N) is 3. The lowest BCUT2D eigenvalue weighted by Gasteiger charge is -2.31. The van der Waals surface area contributed by atoms with Crippen molar-refractivity contribution in [1.29, 1.82) is 0 Å². The molecule has 8 heteroatoms. The van der Waals surface area contributed by atoms with Gasteiger partial charge in [0, 0.05) is 41.0 Å². The van der Waals surface area contributed by atoms with Gasteiger partial charge in [-0.2, -0.15) is 18.3 Å². The van der Waals surface area contributed by atoms with Crippen molar-refractivity contribution in [2.24, 2.45) is 13.0 Å². The molecule has 1 unspecified atom stereocenters. The zero-order chi connectivity index (χ0) is 22.6. The number of carbonyl (C=O) groups excluding carboxylic acids is 1. The molecule has 2 heterocycles. The molecule has 4 aromatic rings. The number of alkyl halides is 3. The molecule has 0 fully saturated rings. The lowest BCUT2D eigenvalue weighted by Crippen LogP contribution is -2.43. The zero-order valence-electron chi connectivity index (χ0n) is 17.3. The number of aliphatic hydroxyl groups is 1. The molecule has 0 bridgehead atoms. The largest absolute Gasteiger partial charge is 0.425 e. The average Bonchev–Trinajstić information content (AvgIpc) is 3.27. The third-order valence-electron chi connectivity index (χ3n) is 5.71. The molecule has 31 heavy (non-hydrogen) atoms. The monoisotopic (exact) mass is 429 g/mol. The minimum atomic E-state index is -4.96. The molecule has 0 radical (unpaired) electrons. The molecule has 162 valence electrons. The van der Waals surface area contributed by atoms with Crippen LogP contribution in [0.5, 0.6) is 0 Å². The van der Waals surface area contributed by atoms with Gasteiger partial charge in [-0.25, -0.2) is 0 Å². The summed E-state index contributed by atoms with van der Waals surface area (Å²) in [6.45, 7) is 3.59. The number of Topliss-reactive ketones (excluding diaryl/α,β-unsaturated/α-hetero) is 1. The predicted octanol–water partition coefficient (Wildman–Crippen LogP) is 4.55. The van der Waals surface area contributed by atoms with Crippen molar-refractivity contribution in [3.63, 3.8) is 0 Å². The van der Waals surface area contributed by atoms with Crippen LogP contribution in [-0.4, -0.2) is 31.4 Å². The normalized spacial score (nSPS) is 14.5. The second-order valence-electron chi connectivity index (χ2n) is 8.08. The minimum absolute atomic E-state index is 0.0309. The molecule has 2 aromatic heterocycles. The molecule has 5 nitrogen and oxygen atoms in total. The van der Waals surface area contributed by atoms with E-state index in [0.29, 0.717) is 21.8 Å². The van der Waals surface area contributed by atoms with Gasteiger partial charge < -0.3 is 9.67 Å². The van der Waals surface area contributed by atoms with Crippen LogP contribution in [0.4, 0.5) is 13.2 Å². The van der Waals surface area contributed by atoms with E-state index in [1.54, 1.807) is 49.7 Å². The first-order valence-corrected chi connectivity index (χ1v) is 9.86. The quantitative estimate of drug-likeness (QED) is 0.506. The molecule has 1 N–H and O–H groups in total. The number of aryl methyl sites for hydroxylation is 1. The van der Waals surface area contributed by atoms with Gasteiger partial charge in [-0.3, -0.25) is 9.48 Å². The van der Waals surface area contributed by atoms with Gasteiger partial charge in [0.05, 0.1) is 11.7 Å². The number of carbonyl (C=O) groups is 1. The lowest BCUT2D eigenvalue weighted by atomic mass is 9.85. The second kappa shape index (κ2) is 7.23. The smallest absolute Gasteiger partial charge is 0.372 e. The summed E-state index contributed by atoms with van der Waals surface area (Å²) in [5, 5.41) is 16.1. The number of halogens is 3. The van der Waals surface area contributed by atoms with Crippen molar-refractivity contribution in [1.82, 2.24) is 14.3 Å². The summed E-state index contributed by atoms with van der Waals surface area (Å²) in [7, 11) is 1.64. The molecule has 4 rings (SSSR count). The van der Waals surface area contributed by atoms with Crippen molar-refractivity contribution in [3.8, 4) is 0 Å². The third-order valence-corrected chi connectivity index (χ3v) is 5.71. The van der Waals surface area contributed by atoms with Crippen molar-refractivity contribution >= 4 is 27.6 Å². The first kappa shape index (κ1) is 21.1. The number of hydrogen-bond donors (Lipinski definition) is 1. The minimum Gasteiger partial charge on any atom is -0.372 e. The maximum absolute atomic E-state index is 14.4. The molecule has 0 saturated heterocycles. The molecule has 2 aromatic carbocycles. The van der Waals surface area contributed by atoms with Crippen LogP contribution in [-0.2, 0) is 24.0 Å². The summed E-state index contributed by atoms with van der Waals surface area (Å²) < 4.78 is 46.1. The Balaban J connectivity index is 1.88. The van der Waals surface area contributed by atoms with E-state index in [1.807, 2.05) is 0 Å². The van der Waals surface area contributed by atoms with E-state index >= 15 is 0 Å². The van der Waals surface area contributed by atoms with Gasteiger partial charge in [-0.1, -0.05) is 38.1 Å². The second-order valence-corrected chi connectivity index (χ2v) is 8.08. The maximum atomic E-state index is 14.4. The standard InChI is InChI=1S/C23H22F3N3O2/c1-14(2)21(30)13-29-19-9-8-16(10-15(19)11-27-29)22(31,23(24,25)26)18-12-28(3)20-7-5-4-6-17(18)20/h4-12,14,31H,13H2,1-3H3. The van der Waals surface area contributed by atoms with E-state index in [4.69, 9.17) is 0 Å². The molecular weight excluding hydrogens is 407 g/mol. The number of hydrogen-bond acceptors (Lipinski definition) is 3. The van der Waals surface area contributed by atoms with Crippen molar-refractivity contribution in [2.45, 2.75) is 32.2 Å². The maximum Gasteiger partial charge on any atom is 0.425 e. The molecule has 0 amide bonds. The fourth-order valence-corrected chi connectivity index (χ4v) is 3.87. The highest BCUT2D eigenvalue weighted by atomic mass is 19.4. The lowest BCUT2D eigenvalue weighted by molar-refractivity contribution is -0.247. The van der Waals surface area contributed by atoms with Gasteiger partial charge in [0.2, 0.25) is 5.60 Å². The topological polar surface area (TPSA) is 60.1 Å². The SMILES string of the molecule is CC(C)C(=O)Cn1ncc2cc(C(O)(c3cn(C)c4ccccc34)C(F)(F)F)ccc21. The van der Waals surface area contributed by atoms with Gasteiger partial charge in [0.15, 0.2) is 5.78 Å². The van der Waals surface area contributed by atoms with Crippen molar-refractivity contribution < 1.29 is 23.1 Å². The van der Waals surface area contributed by atoms with E-state index in [-0.39, 0.29) is 29.4 Å². The highest BCUT2D eigenvalue weighted by Gasteiger charge is 2.57. The van der Waals surface area contributed by atoms with Crippen LogP contribution in [0.15, 0.2) is 54.9 Å². The van der Waals surface area contributed by atoms with Crippen LogP contribution in [0, 0.1) is 5.92 Å². The van der Waals surface area contributed by atoms with Gasteiger partial charge in [-0.15, -0.1) is 0 Å². The fraction of sp³-hybridized carbons (Fsp3) is 0.304. The van der Waals surface area contributed by atoms with Crippen LogP contribution < -0.4 is 0 Å². The van der Waals surface area contributed by atoms with Crippen LogP contribution in [0.3, 0.4) is 0 Å². The van der Waals surface area contributed by atoms with E-state index < -0.39 is 11.8 Å². The number of benzene rings is 2. The Morgan fingerprint density at radius 3 is 2.52 bits per heavy atom. The molecular formula is C23H22F3N3O2. The summed E-state index contributed by atoms with van der Waals surface area (Å²) in [4.78, 5) is 12.1. The number of aromatic nitrogens is 3. The Bertz CT molecular complexity index is 1290. The summed E-state index contributed by atoms with van der Waals surface area (Å²) >= 11 is 0. The predicted molar refractivity (Wildman–Crippen MR) is 112 cm³/mol. The number of fused-ring (bicyclic) bond motifs is 2. The Morgan fingerprint density at radius 1 is 1.13 bits per heavy atom.